The molecule has 9 heteroatoms. The molecule has 1 amide bonds. The van der Waals surface area contributed by atoms with Crippen molar-refractivity contribution in [3.63, 3.8) is 0 Å². The zero-order valence-corrected chi connectivity index (χ0v) is 20.3. The topological polar surface area (TPSA) is 52.6 Å². The van der Waals surface area contributed by atoms with Gasteiger partial charge in [0.05, 0.1) is 23.5 Å². The van der Waals surface area contributed by atoms with Crippen LogP contribution in [0.4, 0.5) is 13.2 Å². The Morgan fingerprint density at radius 2 is 1.57 bits per heavy atom. The molecule has 3 fully saturated rings. The van der Waals surface area contributed by atoms with E-state index in [0.717, 1.165) is 44.7 Å². The molecule has 0 saturated carbocycles. The second kappa shape index (κ2) is 9.17. The van der Waals surface area contributed by atoms with Crippen molar-refractivity contribution in [2.75, 3.05) is 52.4 Å². The number of amides is 1. The van der Waals surface area contributed by atoms with Gasteiger partial charge in [-0.25, -0.2) is 9.97 Å². The molecule has 3 aliphatic heterocycles. The molecule has 5 rings (SSSR count). The Bertz CT molecular complexity index is 1040. The smallest absolute Gasteiger partial charge is 0.338 e. The molecule has 0 bridgehead atoms. The average Bonchev–Trinajstić information content (AvgIpc) is 3.34. The molecule has 0 spiro atoms. The molecule has 1 aromatic heterocycles. The molecule has 2 atom stereocenters. The van der Waals surface area contributed by atoms with Crippen LogP contribution in [0, 0.1) is 25.7 Å². The number of aryl methyl sites for hydroxylation is 2. The minimum atomic E-state index is -4.17. The lowest BCUT2D eigenvalue weighted by atomic mass is 9.71. The molecule has 188 valence electrons. The SMILES string of the molecule is Cc1ncnc(C)c1C(=O)N1CC2CN(CCC3(c4ccccc4)CN(CC(F)(F)F)C3)CC2C1. The van der Waals surface area contributed by atoms with E-state index in [1.165, 1.54) is 11.2 Å². The first-order valence-electron chi connectivity index (χ1n) is 12.3. The van der Waals surface area contributed by atoms with Crippen LogP contribution in [0.5, 0.6) is 0 Å². The van der Waals surface area contributed by atoms with Gasteiger partial charge in [-0.15, -0.1) is 0 Å². The zero-order chi connectivity index (χ0) is 24.8. The molecule has 4 heterocycles. The van der Waals surface area contributed by atoms with E-state index >= 15 is 0 Å². The Hall–Kier alpha value is -2.52. The maximum atomic E-state index is 13.1. The van der Waals surface area contributed by atoms with Crippen LogP contribution in [-0.2, 0) is 5.41 Å². The monoisotopic (exact) mass is 487 g/mol. The van der Waals surface area contributed by atoms with Crippen LogP contribution in [0.3, 0.4) is 0 Å². The third kappa shape index (κ3) is 4.93. The van der Waals surface area contributed by atoms with E-state index in [-0.39, 0.29) is 11.3 Å². The molecule has 35 heavy (non-hydrogen) atoms. The molecule has 6 nitrogen and oxygen atoms in total. The van der Waals surface area contributed by atoms with Gasteiger partial charge < -0.3 is 9.80 Å². The molecule has 0 aliphatic carbocycles. The third-order valence-electron chi connectivity index (χ3n) is 8.04. The van der Waals surface area contributed by atoms with Gasteiger partial charge in [0.2, 0.25) is 0 Å². The van der Waals surface area contributed by atoms with Crippen molar-refractivity contribution < 1.29 is 18.0 Å². The summed E-state index contributed by atoms with van der Waals surface area (Å²) in [5, 5.41) is 0. The summed E-state index contributed by atoms with van der Waals surface area (Å²) >= 11 is 0. The fourth-order valence-corrected chi connectivity index (χ4v) is 6.32. The summed E-state index contributed by atoms with van der Waals surface area (Å²) in [7, 11) is 0. The predicted molar refractivity (Wildman–Crippen MR) is 126 cm³/mol. The minimum Gasteiger partial charge on any atom is -0.338 e. The number of benzene rings is 1. The number of likely N-dealkylation sites (tertiary alicyclic amines) is 3. The summed E-state index contributed by atoms with van der Waals surface area (Å²) in [5.41, 5.74) is 2.95. The van der Waals surface area contributed by atoms with Crippen LogP contribution in [0.15, 0.2) is 36.7 Å². The summed E-state index contributed by atoms with van der Waals surface area (Å²) in [6, 6.07) is 9.98. The highest BCUT2D eigenvalue weighted by Crippen LogP contribution is 2.40. The Morgan fingerprint density at radius 3 is 2.14 bits per heavy atom. The zero-order valence-electron chi connectivity index (χ0n) is 20.3. The van der Waals surface area contributed by atoms with Gasteiger partial charge in [0.25, 0.3) is 5.91 Å². The summed E-state index contributed by atoms with van der Waals surface area (Å²) in [5.74, 6) is 0.878. The fourth-order valence-electron chi connectivity index (χ4n) is 6.32. The van der Waals surface area contributed by atoms with Crippen LogP contribution in [-0.4, -0.2) is 89.1 Å². The van der Waals surface area contributed by atoms with E-state index in [2.05, 4.69) is 14.9 Å². The number of halogens is 3. The van der Waals surface area contributed by atoms with Gasteiger partial charge in [0.15, 0.2) is 0 Å². The normalized spacial score (nSPS) is 24.4. The van der Waals surface area contributed by atoms with Crippen molar-refractivity contribution in [1.82, 2.24) is 24.7 Å². The van der Waals surface area contributed by atoms with Gasteiger partial charge in [-0.2, -0.15) is 13.2 Å². The van der Waals surface area contributed by atoms with E-state index in [0.29, 0.717) is 41.9 Å². The molecule has 3 aliphatic rings. The first-order chi connectivity index (χ1) is 16.6. The van der Waals surface area contributed by atoms with Crippen molar-refractivity contribution in [3.8, 4) is 0 Å². The molecule has 0 N–H and O–H groups in total. The number of nitrogens with zero attached hydrogens (tertiary/aromatic N) is 5. The standard InChI is InChI=1S/C26H32F3N5O/c1-18-23(19(2)31-17-30-18)24(35)34-12-20-10-32(11-21(20)13-34)9-8-25(22-6-4-3-5-7-22)14-33(15-25)16-26(27,28)29/h3-7,17,20-21H,8-16H2,1-2H3. The molecular formula is C26H32F3N5O. The number of aromatic nitrogens is 2. The second-order valence-electron chi connectivity index (χ2n) is 10.6. The fraction of sp³-hybridized carbons (Fsp3) is 0.577. The third-order valence-corrected chi connectivity index (χ3v) is 8.04. The van der Waals surface area contributed by atoms with E-state index in [1.54, 1.807) is 0 Å². The highest BCUT2D eigenvalue weighted by molar-refractivity contribution is 5.96. The quantitative estimate of drug-likeness (QED) is 0.626. The van der Waals surface area contributed by atoms with Gasteiger partial charge in [-0.3, -0.25) is 9.69 Å². The molecule has 2 aromatic rings. The minimum absolute atomic E-state index is 0.0174. The summed E-state index contributed by atoms with van der Waals surface area (Å²) in [6.07, 6.45) is -1.83. The van der Waals surface area contributed by atoms with Gasteiger partial charge in [-0.05, 0) is 44.2 Å². The van der Waals surface area contributed by atoms with Gasteiger partial charge in [0.1, 0.15) is 6.33 Å². The lowest BCUT2D eigenvalue weighted by Gasteiger charge is -2.51. The first kappa shape index (κ1) is 24.2. The summed E-state index contributed by atoms with van der Waals surface area (Å²) in [4.78, 5) is 27.4. The number of hydrogen-bond acceptors (Lipinski definition) is 5. The van der Waals surface area contributed by atoms with Crippen LogP contribution in [0.25, 0.3) is 0 Å². The Balaban J connectivity index is 1.18. The van der Waals surface area contributed by atoms with E-state index < -0.39 is 12.7 Å². The molecular weight excluding hydrogens is 455 g/mol. The number of carbonyl (C=O) groups excluding carboxylic acids is 1. The molecule has 2 unspecified atom stereocenters. The number of hydrogen-bond donors (Lipinski definition) is 0. The van der Waals surface area contributed by atoms with Crippen molar-refractivity contribution in [2.24, 2.45) is 11.8 Å². The lowest BCUT2D eigenvalue weighted by Crippen LogP contribution is -2.62. The highest BCUT2D eigenvalue weighted by atomic mass is 19.4. The van der Waals surface area contributed by atoms with Crippen molar-refractivity contribution >= 4 is 5.91 Å². The Morgan fingerprint density at radius 1 is 0.971 bits per heavy atom. The van der Waals surface area contributed by atoms with E-state index in [1.807, 2.05) is 49.1 Å². The second-order valence-corrected chi connectivity index (χ2v) is 10.6. The van der Waals surface area contributed by atoms with E-state index in [9.17, 15) is 18.0 Å². The van der Waals surface area contributed by atoms with Crippen LogP contribution < -0.4 is 0 Å². The van der Waals surface area contributed by atoms with E-state index in [4.69, 9.17) is 0 Å². The predicted octanol–water partition coefficient (Wildman–Crippen LogP) is 3.30. The largest absolute Gasteiger partial charge is 0.401 e. The van der Waals surface area contributed by atoms with Crippen molar-refractivity contribution in [2.45, 2.75) is 31.9 Å². The molecule has 1 aromatic carbocycles. The van der Waals surface area contributed by atoms with Crippen LogP contribution in [0.2, 0.25) is 0 Å². The first-order valence-corrected chi connectivity index (χ1v) is 12.3. The lowest BCUT2D eigenvalue weighted by molar-refractivity contribution is -0.162. The number of alkyl halides is 3. The summed E-state index contributed by atoms with van der Waals surface area (Å²) in [6.45, 7) is 7.91. The number of carbonyl (C=O) groups is 1. The van der Waals surface area contributed by atoms with Crippen LogP contribution >= 0.6 is 0 Å². The maximum absolute atomic E-state index is 13.1. The van der Waals surface area contributed by atoms with Crippen molar-refractivity contribution in [3.05, 3.63) is 59.2 Å². The molecule has 0 radical (unpaired) electrons. The average molecular weight is 488 g/mol. The molecule has 3 saturated heterocycles. The number of fused-ring (bicyclic) bond motifs is 1. The highest BCUT2D eigenvalue weighted by Gasteiger charge is 2.48. The maximum Gasteiger partial charge on any atom is 0.401 e. The summed E-state index contributed by atoms with van der Waals surface area (Å²) < 4.78 is 38.7. The van der Waals surface area contributed by atoms with Crippen molar-refractivity contribution in [1.29, 1.82) is 0 Å². The Kier molecular flexibility index (Phi) is 6.34. The van der Waals surface area contributed by atoms with Crippen LogP contribution in [0.1, 0.15) is 33.7 Å². The Labute approximate surface area is 204 Å². The van der Waals surface area contributed by atoms with Gasteiger partial charge >= 0.3 is 6.18 Å². The number of rotatable bonds is 6. The van der Waals surface area contributed by atoms with Gasteiger partial charge in [0, 0.05) is 44.7 Å². The van der Waals surface area contributed by atoms with Gasteiger partial charge in [-0.1, -0.05) is 30.3 Å².